The van der Waals surface area contributed by atoms with Gasteiger partial charge in [0.15, 0.2) is 0 Å². The van der Waals surface area contributed by atoms with E-state index >= 15 is 0 Å². The second kappa shape index (κ2) is 12.8. The van der Waals surface area contributed by atoms with Crippen molar-refractivity contribution in [2.75, 3.05) is 13.2 Å². The van der Waals surface area contributed by atoms with Crippen LogP contribution < -0.4 is 11.5 Å². The van der Waals surface area contributed by atoms with Crippen molar-refractivity contribution in [1.29, 1.82) is 0 Å². The third-order valence-corrected chi connectivity index (χ3v) is 3.01. The smallest absolute Gasteiger partial charge is 0.322 e. The molecule has 108 valence electrons. The van der Waals surface area contributed by atoms with Crippen LogP contribution in [0.3, 0.4) is 0 Å². The summed E-state index contributed by atoms with van der Waals surface area (Å²) in [4.78, 5) is 11.4. The van der Waals surface area contributed by atoms with Gasteiger partial charge < -0.3 is 16.2 Å². The molecule has 0 aliphatic rings. The van der Waals surface area contributed by atoms with E-state index in [0.717, 1.165) is 19.3 Å². The molecule has 0 spiro atoms. The van der Waals surface area contributed by atoms with Gasteiger partial charge in [-0.05, 0) is 25.8 Å². The van der Waals surface area contributed by atoms with Crippen molar-refractivity contribution >= 4 is 5.97 Å². The van der Waals surface area contributed by atoms with Crippen LogP contribution in [-0.2, 0) is 9.53 Å². The molecule has 0 aromatic rings. The zero-order chi connectivity index (χ0) is 13.6. The summed E-state index contributed by atoms with van der Waals surface area (Å²) in [5.41, 5.74) is 11.0. The number of ether oxygens (including phenoxy) is 1. The van der Waals surface area contributed by atoms with Gasteiger partial charge in [0.05, 0.1) is 6.61 Å². The summed E-state index contributed by atoms with van der Waals surface area (Å²) in [7, 11) is 0. The van der Waals surface area contributed by atoms with Gasteiger partial charge in [-0.2, -0.15) is 0 Å². The van der Waals surface area contributed by atoms with Crippen molar-refractivity contribution < 1.29 is 9.53 Å². The predicted octanol–water partition coefficient (Wildman–Crippen LogP) is 2.35. The first-order chi connectivity index (χ1) is 8.72. The molecule has 4 nitrogen and oxygen atoms in total. The third kappa shape index (κ3) is 10.5. The molecular formula is C14H30N2O2. The van der Waals surface area contributed by atoms with E-state index in [2.05, 4.69) is 6.92 Å². The average molecular weight is 258 g/mol. The lowest BCUT2D eigenvalue weighted by Gasteiger charge is -2.10. The van der Waals surface area contributed by atoms with Gasteiger partial charge in [-0.25, -0.2) is 0 Å². The maximum atomic E-state index is 11.4. The largest absolute Gasteiger partial charge is 0.465 e. The first kappa shape index (κ1) is 17.4. The fourth-order valence-electron chi connectivity index (χ4n) is 1.79. The van der Waals surface area contributed by atoms with Crippen LogP contribution in [0, 0.1) is 0 Å². The molecule has 18 heavy (non-hydrogen) atoms. The molecule has 0 radical (unpaired) electrons. The summed E-state index contributed by atoms with van der Waals surface area (Å²) in [5.74, 6) is -0.283. The number of hydrogen-bond acceptors (Lipinski definition) is 4. The molecule has 4 heteroatoms. The number of carbonyl (C=O) groups excluding carboxylic acids is 1. The number of nitrogens with two attached hydrogens (primary N) is 2. The molecule has 0 amide bonds. The van der Waals surface area contributed by atoms with E-state index in [9.17, 15) is 4.79 Å². The highest BCUT2D eigenvalue weighted by atomic mass is 16.5. The van der Waals surface area contributed by atoms with E-state index in [1.54, 1.807) is 0 Å². The molecule has 0 aromatic carbocycles. The SMILES string of the molecule is CCCCCCCCCOC(=O)[C@H](N)CCCN. The summed E-state index contributed by atoms with van der Waals surface area (Å²) in [5, 5.41) is 0. The van der Waals surface area contributed by atoms with E-state index in [1.165, 1.54) is 32.1 Å². The maximum absolute atomic E-state index is 11.4. The fraction of sp³-hybridized carbons (Fsp3) is 0.929. The molecule has 4 N–H and O–H groups in total. The first-order valence-electron chi connectivity index (χ1n) is 7.34. The van der Waals surface area contributed by atoms with Crippen LogP contribution in [0.4, 0.5) is 0 Å². The Kier molecular flexibility index (Phi) is 12.4. The molecule has 0 saturated heterocycles. The van der Waals surface area contributed by atoms with E-state index in [-0.39, 0.29) is 5.97 Å². The van der Waals surface area contributed by atoms with Gasteiger partial charge in [0, 0.05) is 0 Å². The van der Waals surface area contributed by atoms with Crippen LogP contribution in [0.2, 0.25) is 0 Å². The van der Waals surface area contributed by atoms with Gasteiger partial charge in [0.25, 0.3) is 0 Å². The minimum Gasteiger partial charge on any atom is -0.465 e. The van der Waals surface area contributed by atoms with Crippen molar-refractivity contribution in [2.45, 2.75) is 70.8 Å². The Labute approximate surface area is 111 Å². The van der Waals surface area contributed by atoms with E-state index in [4.69, 9.17) is 16.2 Å². The fourth-order valence-corrected chi connectivity index (χ4v) is 1.79. The molecule has 0 saturated carbocycles. The highest BCUT2D eigenvalue weighted by Crippen LogP contribution is 2.07. The molecule has 1 atom stereocenters. The van der Waals surface area contributed by atoms with Crippen LogP contribution >= 0.6 is 0 Å². The maximum Gasteiger partial charge on any atom is 0.322 e. The molecule has 0 fully saturated rings. The average Bonchev–Trinajstić information content (AvgIpc) is 2.38. The van der Waals surface area contributed by atoms with Gasteiger partial charge in [-0.1, -0.05) is 45.4 Å². The Balaban J connectivity index is 3.29. The Morgan fingerprint density at radius 3 is 2.28 bits per heavy atom. The third-order valence-electron chi connectivity index (χ3n) is 3.01. The van der Waals surface area contributed by atoms with Crippen molar-refractivity contribution in [3.8, 4) is 0 Å². The van der Waals surface area contributed by atoms with Gasteiger partial charge in [-0.15, -0.1) is 0 Å². The Morgan fingerprint density at radius 2 is 1.67 bits per heavy atom. The molecule has 0 aliphatic heterocycles. The number of esters is 1. The summed E-state index contributed by atoms with van der Waals surface area (Å²) in [6.07, 6.45) is 9.91. The van der Waals surface area contributed by atoms with Crippen LogP contribution in [0.15, 0.2) is 0 Å². The minimum absolute atomic E-state index is 0.283. The summed E-state index contributed by atoms with van der Waals surface area (Å²) < 4.78 is 5.12. The quantitative estimate of drug-likeness (QED) is 0.416. The zero-order valence-electron chi connectivity index (χ0n) is 11.8. The standard InChI is InChI=1S/C14H30N2O2/c1-2-3-4-5-6-7-8-12-18-14(17)13(16)10-9-11-15/h13H,2-12,15-16H2,1H3/t13-/m1/s1. The molecule has 0 bridgehead atoms. The van der Waals surface area contributed by atoms with Gasteiger partial charge in [-0.3, -0.25) is 4.79 Å². The zero-order valence-corrected chi connectivity index (χ0v) is 11.8. The van der Waals surface area contributed by atoms with Crippen LogP contribution in [-0.4, -0.2) is 25.2 Å². The molecule has 0 aromatic heterocycles. The Hall–Kier alpha value is -0.610. The second-order valence-electron chi connectivity index (χ2n) is 4.83. The van der Waals surface area contributed by atoms with Gasteiger partial charge in [0.2, 0.25) is 0 Å². The van der Waals surface area contributed by atoms with Crippen LogP contribution in [0.25, 0.3) is 0 Å². The molecule has 0 heterocycles. The van der Waals surface area contributed by atoms with E-state index < -0.39 is 6.04 Å². The summed E-state index contributed by atoms with van der Waals surface area (Å²) >= 11 is 0. The highest BCUT2D eigenvalue weighted by Gasteiger charge is 2.13. The van der Waals surface area contributed by atoms with Gasteiger partial charge >= 0.3 is 5.97 Å². The van der Waals surface area contributed by atoms with Crippen molar-refractivity contribution in [3.05, 3.63) is 0 Å². The minimum atomic E-state index is -0.502. The van der Waals surface area contributed by atoms with Crippen LogP contribution in [0.5, 0.6) is 0 Å². The molecule has 0 rings (SSSR count). The lowest BCUT2D eigenvalue weighted by molar-refractivity contribution is -0.145. The molecule has 0 unspecified atom stereocenters. The lowest BCUT2D eigenvalue weighted by atomic mass is 10.1. The monoisotopic (exact) mass is 258 g/mol. The predicted molar refractivity (Wildman–Crippen MR) is 75.2 cm³/mol. The van der Waals surface area contributed by atoms with E-state index in [0.29, 0.717) is 19.6 Å². The molecule has 0 aliphatic carbocycles. The number of unbranched alkanes of at least 4 members (excludes halogenated alkanes) is 6. The topological polar surface area (TPSA) is 78.3 Å². The second-order valence-corrected chi connectivity index (χ2v) is 4.83. The first-order valence-corrected chi connectivity index (χ1v) is 7.34. The highest BCUT2D eigenvalue weighted by molar-refractivity contribution is 5.75. The number of carbonyl (C=O) groups is 1. The Bertz CT molecular complexity index is 198. The lowest BCUT2D eigenvalue weighted by Crippen LogP contribution is -2.33. The van der Waals surface area contributed by atoms with Crippen molar-refractivity contribution in [2.24, 2.45) is 11.5 Å². The van der Waals surface area contributed by atoms with Gasteiger partial charge in [0.1, 0.15) is 6.04 Å². The molecular weight excluding hydrogens is 228 g/mol. The summed E-state index contributed by atoms with van der Waals surface area (Å²) in [6.45, 7) is 3.29. The van der Waals surface area contributed by atoms with Crippen molar-refractivity contribution in [1.82, 2.24) is 0 Å². The van der Waals surface area contributed by atoms with E-state index in [1.807, 2.05) is 0 Å². The number of hydrogen-bond donors (Lipinski definition) is 2. The number of rotatable bonds is 12. The summed E-state index contributed by atoms with van der Waals surface area (Å²) in [6, 6.07) is -0.502. The normalized spacial score (nSPS) is 12.4. The van der Waals surface area contributed by atoms with Crippen LogP contribution in [0.1, 0.15) is 64.7 Å². The van der Waals surface area contributed by atoms with Crippen molar-refractivity contribution in [3.63, 3.8) is 0 Å². The Morgan fingerprint density at radius 1 is 1.06 bits per heavy atom.